The van der Waals surface area contributed by atoms with Crippen LogP contribution in [0, 0.1) is 6.92 Å². The molecule has 5 heterocycles. The van der Waals surface area contributed by atoms with Crippen molar-refractivity contribution >= 4 is 33.7 Å². The molecule has 9 nitrogen and oxygen atoms in total. The first-order chi connectivity index (χ1) is 17.6. The molecule has 2 aliphatic heterocycles. The van der Waals surface area contributed by atoms with Crippen molar-refractivity contribution in [2.45, 2.75) is 32.0 Å². The van der Waals surface area contributed by atoms with E-state index in [1.54, 1.807) is 6.20 Å². The topological polar surface area (TPSA) is 94.0 Å². The number of likely N-dealkylation sites (tertiary alicyclic amines) is 1. The number of benzene rings is 2. The van der Waals surface area contributed by atoms with Crippen LogP contribution in [-0.4, -0.2) is 66.5 Å². The smallest absolute Gasteiger partial charge is 0.148 e. The molecule has 1 N–H and O–H groups in total. The van der Waals surface area contributed by atoms with E-state index < -0.39 is 0 Å². The summed E-state index contributed by atoms with van der Waals surface area (Å²) in [5.41, 5.74) is 4.71. The van der Waals surface area contributed by atoms with Crippen molar-refractivity contribution in [2.75, 3.05) is 19.7 Å². The highest BCUT2D eigenvalue weighted by Crippen LogP contribution is 2.35. The molecule has 36 heavy (non-hydrogen) atoms. The van der Waals surface area contributed by atoms with E-state index in [1.807, 2.05) is 54.3 Å². The summed E-state index contributed by atoms with van der Waals surface area (Å²) in [5.74, 6) is 2.04. The van der Waals surface area contributed by atoms with E-state index in [1.165, 1.54) is 0 Å². The number of ether oxygens (including phenoxy) is 2. The number of nitrogens with one attached hydrogen (secondary N) is 1. The van der Waals surface area contributed by atoms with Crippen molar-refractivity contribution in [1.29, 1.82) is 0 Å². The van der Waals surface area contributed by atoms with Gasteiger partial charge in [-0.1, -0.05) is 11.6 Å². The molecule has 0 spiro atoms. The Labute approximate surface area is 212 Å². The van der Waals surface area contributed by atoms with E-state index in [9.17, 15) is 0 Å². The monoisotopic (exact) mass is 501 g/mol. The van der Waals surface area contributed by atoms with Crippen LogP contribution in [0.25, 0.3) is 33.3 Å². The normalized spacial score (nSPS) is 19.6. The first kappa shape index (κ1) is 21.7. The molecule has 2 fully saturated rings. The van der Waals surface area contributed by atoms with Gasteiger partial charge in [0.05, 0.1) is 53.9 Å². The van der Waals surface area contributed by atoms with Crippen LogP contribution in [0.2, 0.25) is 5.02 Å². The highest BCUT2D eigenvalue weighted by Gasteiger charge is 2.38. The number of aromatic nitrogens is 6. The molecule has 0 amide bonds. The van der Waals surface area contributed by atoms with Crippen LogP contribution >= 0.6 is 11.6 Å². The van der Waals surface area contributed by atoms with Gasteiger partial charge in [-0.3, -0.25) is 14.6 Å². The summed E-state index contributed by atoms with van der Waals surface area (Å²) < 4.78 is 13.8. The minimum atomic E-state index is 0.409. The summed E-state index contributed by atoms with van der Waals surface area (Å²) in [7, 11) is 0. The van der Waals surface area contributed by atoms with Crippen LogP contribution in [0.4, 0.5) is 0 Å². The van der Waals surface area contributed by atoms with Crippen LogP contribution in [-0.2, 0) is 11.3 Å². The summed E-state index contributed by atoms with van der Waals surface area (Å²) in [6, 6.07) is 9.94. The van der Waals surface area contributed by atoms with E-state index in [0.717, 1.165) is 60.8 Å². The molecule has 7 rings (SSSR count). The van der Waals surface area contributed by atoms with Gasteiger partial charge in [-0.15, -0.1) is 0 Å². The lowest BCUT2D eigenvalue weighted by Gasteiger charge is -2.26. The molecule has 0 aliphatic carbocycles. The maximum Gasteiger partial charge on any atom is 0.148 e. The van der Waals surface area contributed by atoms with Gasteiger partial charge < -0.3 is 14.5 Å². The van der Waals surface area contributed by atoms with Gasteiger partial charge in [-0.2, -0.15) is 5.10 Å². The maximum atomic E-state index is 6.75. The Kier molecular flexibility index (Phi) is 5.16. The average Bonchev–Trinajstić information content (AvgIpc) is 3.68. The minimum absolute atomic E-state index is 0.409. The van der Waals surface area contributed by atoms with Gasteiger partial charge in [0, 0.05) is 37.0 Å². The van der Waals surface area contributed by atoms with Crippen LogP contribution in [0.1, 0.15) is 12.2 Å². The molecule has 2 aromatic carbocycles. The number of H-pyrrole nitrogens is 1. The van der Waals surface area contributed by atoms with E-state index in [0.29, 0.717) is 39.7 Å². The number of rotatable bonds is 6. The Morgan fingerprint density at radius 3 is 2.92 bits per heavy atom. The summed E-state index contributed by atoms with van der Waals surface area (Å²) in [5, 5.41) is 4.96. The first-order valence-corrected chi connectivity index (χ1v) is 12.4. The summed E-state index contributed by atoms with van der Waals surface area (Å²) >= 11 is 6.75. The second-order valence-electron chi connectivity index (χ2n) is 9.44. The summed E-state index contributed by atoms with van der Waals surface area (Å²) in [6.07, 6.45) is 7.15. The largest absolute Gasteiger partial charge is 0.456 e. The highest BCUT2D eigenvalue weighted by molar-refractivity contribution is 6.36. The number of morpholine rings is 1. The lowest BCUT2D eigenvalue weighted by atomic mass is 10.2. The number of aromatic amines is 1. The van der Waals surface area contributed by atoms with Gasteiger partial charge in [0.25, 0.3) is 0 Å². The fraction of sp³-hybridized carbons (Fsp3) is 0.308. The Morgan fingerprint density at radius 2 is 2.06 bits per heavy atom. The van der Waals surface area contributed by atoms with Crippen LogP contribution in [0.5, 0.6) is 11.5 Å². The lowest BCUT2D eigenvalue weighted by Crippen LogP contribution is -2.38. The number of imidazole rings is 1. The maximum absolute atomic E-state index is 6.75. The average molecular weight is 502 g/mol. The predicted molar refractivity (Wildman–Crippen MR) is 136 cm³/mol. The molecule has 10 heteroatoms. The molecular weight excluding hydrogens is 478 g/mol. The van der Waals surface area contributed by atoms with Crippen LogP contribution in [0.15, 0.2) is 48.9 Å². The van der Waals surface area contributed by atoms with Gasteiger partial charge in [0.2, 0.25) is 0 Å². The molecular formula is C26H24ClN7O2. The van der Waals surface area contributed by atoms with Crippen molar-refractivity contribution in [1.82, 2.24) is 34.6 Å². The number of nitrogens with zero attached hydrogens (tertiary/aromatic N) is 6. The van der Waals surface area contributed by atoms with Crippen molar-refractivity contribution < 1.29 is 9.47 Å². The molecule has 3 aromatic heterocycles. The van der Waals surface area contributed by atoms with E-state index in [4.69, 9.17) is 26.1 Å². The zero-order valence-electron chi connectivity index (χ0n) is 19.7. The Bertz CT molecular complexity index is 1600. The third-order valence-electron chi connectivity index (χ3n) is 6.98. The molecule has 2 aliphatic rings. The number of fused-ring (bicyclic) bond motifs is 4. The molecule has 182 valence electrons. The molecule has 2 bridgehead atoms. The zero-order valence-corrected chi connectivity index (χ0v) is 20.4. The van der Waals surface area contributed by atoms with Gasteiger partial charge >= 0.3 is 0 Å². The minimum Gasteiger partial charge on any atom is -0.456 e. The first-order valence-electron chi connectivity index (χ1n) is 12.1. The summed E-state index contributed by atoms with van der Waals surface area (Å²) in [6.45, 7) is 5.58. The van der Waals surface area contributed by atoms with Gasteiger partial charge in [0.1, 0.15) is 27.9 Å². The molecule has 0 unspecified atom stereocenters. The van der Waals surface area contributed by atoms with Crippen molar-refractivity contribution in [3.63, 3.8) is 0 Å². The molecule has 2 saturated heterocycles. The van der Waals surface area contributed by atoms with E-state index in [2.05, 4.69) is 25.0 Å². The predicted octanol–water partition coefficient (Wildman–Crippen LogP) is 4.60. The number of hydrogen-bond donors (Lipinski definition) is 1. The number of hydrogen-bond acceptors (Lipinski definition) is 7. The van der Waals surface area contributed by atoms with Crippen molar-refractivity contribution in [3.8, 4) is 22.8 Å². The van der Waals surface area contributed by atoms with Crippen molar-refractivity contribution in [2.24, 2.45) is 0 Å². The summed E-state index contributed by atoms with van der Waals surface area (Å²) in [4.78, 5) is 19.5. The third-order valence-corrected chi connectivity index (χ3v) is 7.34. The standard InChI is InChI=1S/C26H24ClN7O2/c1-15-30-20-3-2-18(9-22(20)31-15)36-24-5-4-21-26(25(24)27)32-23(11-28-21)16-10-29-34(12-16)7-6-33-13-19-8-17(33)14-35-19/h2-5,9-12,17,19H,6-8,13-14H2,1H3,(H,30,31)/t17-,19-/m1/s1. The highest BCUT2D eigenvalue weighted by atomic mass is 35.5. The second kappa shape index (κ2) is 8.55. The lowest BCUT2D eigenvalue weighted by molar-refractivity contribution is 0.0290. The van der Waals surface area contributed by atoms with Gasteiger partial charge in [-0.25, -0.2) is 9.97 Å². The quantitative estimate of drug-likeness (QED) is 0.363. The molecule has 0 saturated carbocycles. The Balaban J connectivity index is 1.12. The number of aryl methyl sites for hydroxylation is 1. The van der Waals surface area contributed by atoms with E-state index in [-0.39, 0.29) is 0 Å². The zero-order chi connectivity index (χ0) is 24.2. The van der Waals surface area contributed by atoms with Crippen LogP contribution in [0.3, 0.4) is 0 Å². The Hall–Kier alpha value is -3.53. The molecule has 0 radical (unpaired) electrons. The van der Waals surface area contributed by atoms with Crippen LogP contribution < -0.4 is 4.74 Å². The van der Waals surface area contributed by atoms with Gasteiger partial charge in [-0.05, 0) is 37.6 Å². The number of halogens is 1. The third kappa shape index (κ3) is 3.89. The van der Waals surface area contributed by atoms with Crippen molar-refractivity contribution in [3.05, 3.63) is 59.8 Å². The Morgan fingerprint density at radius 1 is 1.14 bits per heavy atom. The second-order valence-corrected chi connectivity index (χ2v) is 9.81. The SMILES string of the molecule is Cc1nc2ccc(Oc3ccc4ncc(-c5cnn(CCN6C[C@H]7C[C@@H]6CO7)c5)nc4c3Cl)cc2[nH]1. The fourth-order valence-electron chi connectivity index (χ4n) is 5.15. The molecule has 5 aromatic rings. The fourth-order valence-corrected chi connectivity index (χ4v) is 5.39. The van der Waals surface area contributed by atoms with E-state index >= 15 is 0 Å². The molecule has 2 atom stereocenters. The van der Waals surface area contributed by atoms with Gasteiger partial charge in [0.15, 0.2) is 0 Å².